The summed E-state index contributed by atoms with van der Waals surface area (Å²) in [5, 5.41) is 3.21. The van der Waals surface area contributed by atoms with Gasteiger partial charge in [0.25, 0.3) is 5.56 Å². The number of aromatic nitrogens is 2. The van der Waals surface area contributed by atoms with E-state index in [0.717, 1.165) is 0 Å². The molecule has 114 valence electrons. The number of H-pyrrole nitrogens is 1. The van der Waals surface area contributed by atoms with Crippen molar-refractivity contribution in [2.45, 2.75) is 19.5 Å². The maximum atomic E-state index is 12.1. The summed E-state index contributed by atoms with van der Waals surface area (Å²) in [6.45, 7) is 2.71. The Hall–Kier alpha value is -1.69. The van der Waals surface area contributed by atoms with Crippen molar-refractivity contribution in [3.8, 4) is 0 Å². The van der Waals surface area contributed by atoms with Crippen LogP contribution in [0.3, 0.4) is 0 Å². The number of halogens is 1. The minimum atomic E-state index is -0.131. The van der Waals surface area contributed by atoms with Crippen LogP contribution in [0.5, 0.6) is 0 Å². The largest absolute Gasteiger partial charge is 0.309 e. The molecule has 0 aliphatic heterocycles. The molecule has 0 saturated heterocycles. The van der Waals surface area contributed by atoms with Crippen molar-refractivity contribution in [3.05, 3.63) is 61.8 Å². The summed E-state index contributed by atoms with van der Waals surface area (Å²) in [6.07, 6.45) is 0. The highest BCUT2D eigenvalue weighted by Gasteiger charge is 2.14. The van der Waals surface area contributed by atoms with Gasteiger partial charge in [-0.15, -0.1) is 11.3 Å². The molecule has 6 heteroatoms. The molecule has 1 N–H and O–H groups in total. The number of nitrogens with one attached hydrogen (secondary N) is 1. The Labute approximate surface area is 137 Å². The first-order valence-corrected chi connectivity index (χ1v) is 8.22. The third-order valence-electron chi connectivity index (χ3n) is 3.73. The van der Waals surface area contributed by atoms with Crippen LogP contribution in [-0.2, 0) is 6.54 Å². The molecule has 2 aromatic heterocycles. The summed E-state index contributed by atoms with van der Waals surface area (Å²) in [5.74, 6) is 0.644. The average Bonchev–Trinajstić information content (AvgIpc) is 3.00. The molecule has 1 aromatic carbocycles. The summed E-state index contributed by atoms with van der Waals surface area (Å²) in [7, 11) is 2.02. The lowest BCUT2D eigenvalue weighted by Gasteiger charge is -2.23. The fourth-order valence-corrected chi connectivity index (χ4v) is 3.37. The van der Waals surface area contributed by atoms with E-state index in [4.69, 9.17) is 11.6 Å². The van der Waals surface area contributed by atoms with E-state index in [9.17, 15) is 4.79 Å². The highest BCUT2D eigenvalue weighted by molar-refractivity contribution is 7.10. The van der Waals surface area contributed by atoms with Crippen LogP contribution in [0, 0.1) is 0 Å². The van der Waals surface area contributed by atoms with Crippen molar-refractivity contribution in [3.63, 3.8) is 0 Å². The fourth-order valence-electron chi connectivity index (χ4n) is 2.36. The van der Waals surface area contributed by atoms with Crippen molar-refractivity contribution in [2.24, 2.45) is 0 Å². The van der Waals surface area contributed by atoms with Crippen LogP contribution < -0.4 is 5.56 Å². The molecule has 4 nitrogen and oxygen atoms in total. The molecule has 3 aromatic rings. The minimum absolute atomic E-state index is 0.131. The van der Waals surface area contributed by atoms with E-state index < -0.39 is 0 Å². The Bertz CT molecular complexity index is 844. The number of rotatable bonds is 4. The summed E-state index contributed by atoms with van der Waals surface area (Å²) >= 11 is 7.71. The third kappa shape index (κ3) is 3.06. The van der Waals surface area contributed by atoms with Crippen LogP contribution >= 0.6 is 22.9 Å². The van der Waals surface area contributed by atoms with E-state index in [2.05, 4.69) is 33.2 Å². The van der Waals surface area contributed by atoms with Gasteiger partial charge in [0.05, 0.1) is 17.4 Å². The molecular formula is C16H16ClN3OS. The zero-order chi connectivity index (χ0) is 15.7. The lowest BCUT2D eigenvalue weighted by Crippen LogP contribution is -2.24. The maximum absolute atomic E-state index is 12.1. The quantitative estimate of drug-likeness (QED) is 0.789. The van der Waals surface area contributed by atoms with Gasteiger partial charge < -0.3 is 4.98 Å². The summed E-state index contributed by atoms with van der Waals surface area (Å²) in [4.78, 5) is 22.9. The van der Waals surface area contributed by atoms with Gasteiger partial charge in [-0.25, -0.2) is 4.98 Å². The second kappa shape index (κ2) is 6.20. The molecule has 0 bridgehead atoms. The monoisotopic (exact) mass is 333 g/mol. The Kier molecular flexibility index (Phi) is 4.29. The second-order valence-corrected chi connectivity index (χ2v) is 6.70. The van der Waals surface area contributed by atoms with Gasteiger partial charge in [-0.3, -0.25) is 9.69 Å². The molecule has 0 aliphatic carbocycles. The predicted octanol–water partition coefficient (Wildman–Crippen LogP) is 3.83. The van der Waals surface area contributed by atoms with Crippen LogP contribution in [0.15, 0.2) is 40.5 Å². The molecule has 2 heterocycles. The summed E-state index contributed by atoms with van der Waals surface area (Å²) in [5.41, 5.74) is 0.497. The van der Waals surface area contributed by atoms with Gasteiger partial charge in [0.15, 0.2) is 0 Å². The Morgan fingerprint density at radius 2 is 2.23 bits per heavy atom. The van der Waals surface area contributed by atoms with Gasteiger partial charge in [0, 0.05) is 15.9 Å². The molecule has 0 aliphatic rings. The van der Waals surface area contributed by atoms with Gasteiger partial charge in [0.1, 0.15) is 5.82 Å². The van der Waals surface area contributed by atoms with E-state index in [1.54, 1.807) is 29.5 Å². The number of thiophene rings is 1. The fraction of sp³-hybridized carbons (Fsp3) is 0.250. The summed E-state index contributed by atoms with van der Waals surface area (Å²) < 4.78 is 0. The van der Waals surface area contributed by atoms with Crippen LogP contribution in [0.2, 0.25) is 5.02 Å². The molecule has 3 rings (SSSR count). The number of aromatic amines is 1. The van der Waals surface area contributed by atoms with E-state index >= 15 is 0 Å². The zero-order valence-corrected chi connectivity index (χ0v) is 13.9. The molecule has 22 heavy (non-hydrogen) atoms. The Morgan fingerprint density at radius 3 is 2.95 bits per heavy atom. The van der Waals surface area contributed by atoms with E-state index in [1.807, 2.05) is 13.1 Å². The van der Waals surface area contributed by atoms with Gasteiger partial charge >= 0.3 is 0 Å². The molecule has 0 radical (unpaired) electrons. The van der Waals surface area contributed by atoms with Crippen molar-refractivity contribution < 1.29 is 0 Å². The molecule has 0 saturated carbocycles. The number of nitrogens with zero attached hydrogens (tertiary/aromatic N) is 2. The first-order chi connectivity index (χ1) is 10.5. The van der Waals surface area contributed by atoms with Crippen molar-refractivity contribution >= 4 is 33.8 Å². The van der Waals surface area contributed by atoms with Crippen molar-refractivity contribution in [2.75, 3.05) is 7.05 Å². The highest BCUT2D eigenvalue weighted by atomic mass is 35.5. The van der Waals surface area contributed by atoms with Gasteiger partial charge in [-0.2, -0.15) is 0 Å². The molecule has 0 spiro atoms. The first kappa shape index (κ1) is 15.2. The van der Waals surface area contributed by atoms with Gasteiger partial charge in [0.2, 0.25) is 0 Å². The molecular weight excluding hydrogens is 318 g/mol. The molecule has 0 amide bonds. The standard InChI is InChI=1S/C16H16ClN3OS/c1-10(14-4-3-7-22-14)20(2)9-15-18-13-8-11(17)5-6-12(13)16(21)19-15/h3-8,10H,9H2,1-2H3,(H,18,19,21)/t10-/m1/s1. The zero-order valence-electron chi connectivity index (χ0n) is 12.3. The highest BCUT2D eigenvalue weighted by Crippen LogP contribution is 2.24. The second-order valence-electron chi connectivity index (χ2n) is 5.28. The smallest absolute Gasteiger partial charge is 0.258 e. The van der Waals surface area contributed by atoms with Gasteiger partial charge in [-0.05, 0) is 43.6 Å². The molecule has 0 unspecified atom stereocenters. The number of hydrogen-bond acceptors (Lipinski definition) is 4. The SMILES string of the molecule is C[C@H](c1cccs1)N(C)Cc1nc2cc(Cl)ccc2c(=O)[nH]1. The summed E-state index contributed by atoms with van der Waals surface area (Å²) in [6, 6.07) is 9.54. The van der Waals surface area contributed by atoms with Crippen molar-refractivity contribution in [1.29, 1.82) is 0 Å². The normalized spacial score (nSPS) is 12.9. The molecule has 1 atom stereocenters. The number of hydrogen-bond donors (Lipinski definition) is 1. The number of benzene rings is 1. The lowest BCUT2D eigenvalue weighted by atomic mass is 10.2. The van der Waals surface area contributed by atoms with Crippen LogP contribution in [0.1, 0.15) is 23.7 Å². The Morgan fingerprint density at radius 1 is 1.41 bits per heavy atom. The predicted molar refractivity (Wildman–Crippen MR) is 91.6 cm³/mol. The topological polar surface area (TPSA) is 49.0 Å². The third-order valence-corrected chi connectivity index (χ3v) is 5.01. The minimum Gasteiger partial charge on any atom is -0.309 e. The Balaban J connectivity index is 1.89. The first-order valence-electron chi connectivity index (χ1n) is 6.96. The van der Waals surface area contributed by atoms with E-state index in [1.165, 1.54) is 4.88 Å². The number of fused-ring (bicyclic) bond motifs is 1. The van der Waals surface area contributed by atoms with Crippen molar-refractivity contribution in [1.82, 2.24) is 14.9 Å². The van der Waals surface area contributed by atoms with E-state index in [-0.39, 0.29) is 11.6 Å². The van der Waals surface area contributed by atoms with E-state index in [0.29, 0.717) is 28.3 Å². The van der Waals surface area contributed by atoms with Crippen LogP contribution in [0.4, 0.5) is 0 Å². The average molecular weight is 334 g/mol. The van der Waals surface area contributed by atoms with Crippen LogP contribution in [0.25, 0.3) is 10.9 Å². The van der Waals surface area contributed by atoms with Crippen LogP contribution in [-0.4, -0.2) is 21.9 Å². The maximum Gasteiger partial charge on any atom is 0.258 e. The van der Waals surface area contributed by atoms with Gasteiger partial charge in [-0.1, -0.05) is 17.7 Å². The lowest BCUT2D eigenvalue weighted by molar-refractivity contribution is 0.250. The molecule has 0 fully saturated rings.